The molecule has 0 bridgehead atoms. The molecule has 0 aliphatic carbocycles. The van der Waals surface area contributed by atoms with Crippen molar-refractivity contribution in [1.82, 2.24) is 19.9 Å². The van der Waals surface area contributed by atoms with Crippen molar-refractivity contribution in [2.75, 3.05) is 39.3 Å². The van der Waals surface area contributed by atoms with Crippen LogP contribution in [0.3, 0.4) is 0 Å². The lowest BCUT2D eigenvalue weighted by Crippen LogP contribution is -2.49. The van der Waals surface area contributed by atoms with E-state index in [0.29, 0.717) is 47.6 Å². The van der Waals surface area contributed by atoms with Gasteiger partial charge in [-0.05, 0) is 36.4 Å². The van der Waals surface area contributed by atoms with E-state index in [1.165, 1.54) is 0 Å². The number of carbonyl (C=O) groups is 1. The zero-order chi connectivity index (χ0) is 24.0. The number of aromatic nitrogens is 2. The molecule has 0 spiro atoms. The summed E-state index contributed by atoms with van der Waals surface area (Å²) >= 11 is 5.91. The quantitative estimate of drug-likeness (QED) is 0.368. The van der Waals surface area contributed by atoms with Gasteiger partial charge in [0.05, 0.1) is 11.1 Å². The maximum Gasteiger partial charge on any atom is 0.259 e. The van der Waals surface area contributed by atoms with Crippen molar-refractivity contribution in [3.63, 3.8) is 0 Å². The molecule has 1 aliphatic rings. The summed E-state index contributed by atoms with van der Waals surface area (Å²) in [7, 11) is 0. The summed E-state index contributed by atoms with van der Waals surface area (Å²) in [5.41, 5.74) is 2.07. The van der Waals surface area contributed by atoms with Crippen LogP contribution in [-0.2, 0) is 0 Å². The minimum absolute atomic E-state index is 0.0304. The molecule has 0 unspecified atom stereocenters. The molecule has 0 N–H and O–H groups in total. The monoisotopic (exact) mass is 488 g/mol. The fourth-order valence-corrected chi connectivity index (χ4v) is 4.19. The molecule has 0 radical (unpaired) electrons. The molecule has 1 saturated heterocycles. The SMILES string of the molecule is O=C(c1ccccc1-c1nc(-c2ccccc2)no1)N1CCN(CCOc2ccc(Cl)cc2)CC1. The van der Waals surface area contributed by atoms with E-state index in [9.17, 15) is 4.79 Å². The van der Waals surface area contributed by atoms with Crippen molar-refractivity contribution < 1.29 is 14.1 Å². The van der Waals surface area contributed by atoms with Crippen molar-refractivity contribution in [2.45, 2.75) is 0 Å². The number of rotatable bonds is 7. The van der Waals surface area contributed by atoms with E-state index in [-0.39, 0.29) is 5.91 Å². The summed E-state index contributed by atoms with van der Waals surface area (Å²) in [6.45, 7) is 4.25. The maximum atomic E-state index is 13.4. The van der Waals surface area contributed by atoms with Gasteiger partial charge in [-0.3, -0.25) is 9.69 Å². The summed E-state index contributed by atoms with van der Waals surface area (Å²) in [4.78, 5) is 22.1. The van der Waals surface area contributed by atoms with Crippen LogP contribution in [0.2, 0.25) is 5.02 Å². The Morgan fingerprint density at radius 2 is 1.63 bits per heavy atom. The average Bonchev–Trinajstić information content (AvgIpc) is 3.41. The van der Waals surface area contributed by atoms with Gasteiger partial charge in [0.1, 0.15) is 12.4 Å². The van der Waals surface area contributed by atoms with Crippen LogP contribution in [0.15, 0.2) is 83.4 Å². The smallest absolute Gasteiger partial charge is 0.259 e. The summed E-state index contributed by atoms with van der Waals surface area (Å²) in [6.07, 6.45) is 0. The van der Waals surface area contributed by atoms with Gasteiger partial charge in [0.25, 0.3) is 11.8 Å². The number of hydrogen-bond acceptors (Lipinski definition) is 6. The molecular formula is C27H25ClN4O3. The number of nitrogens with zero attached hydrogens (tertiary/aromatic N) is 4. The first kappa shape index (κ1) is 23.1. The van der Waals surface area contributed by atoms with Gasteiger partial charge in [-0.1, -0.05) is 59.2 Å². The third-order valence-electron chi connectivity index (χ3n) is 6.00. The molecule has 1 aliphatic heterocycles. The molecule has 3 aromatic carbocycles. The predicted molar refractivity (Wildman–Crippen MR) is 134 cm³/mol. The number of amides is 1. The second kappa shape index (κ2) is 10.7. The highest BCUT2D eigenvalue weighted by molar-refractivity contribution is 6.30. The van der Waals surface area contributed by atoms with Gasteiger partial charge in [0, 0.05) is 43.3 Å². The Morgan fingerprint density at radius 1 is 0.914 bits per heavy atom. The van der Waals surface area contributed by atoms with Gasteiger partial charge < -0.3 is 14.2 Å². The van der Waals surface area contributed by atoms with Crippen molar-refractivity contribution in [1.29, 1.82) is 0 Å². The molecule has 0 atom stereocenters. The molecule has 2 heterocycles. The highest BCUT2D eigenvalue weighted by atomic mass is 35.5. The molecule has 1 amide bonds. The molecule has 7 nitrogen and oxygen atoms in total. The van der Waals surface area contributed by atoms with Crippen LogP contribution in [0.5, 0.6) is 5.75 Å². The molecule has 4 aromatic rings. The van der Waals surface area contributed by atoms with E-state index < -0.39 is 0 Å². The Bertz CT molecular complexity index is 1270. The maximum absolute atomic E-state index is 13.4. The second-order valence-corrected chi connectivity index (χ2v) is 8.71. The van der Waals surface area contributed by atoms with E-state index in [0.717, 1.165) is 30.9 Å². The standard InChI is InChI=1S/C27H25ClN4O3/c28-21-10-12-22(13-11-21)34-19-18-31-14-16-32(17-15-31)27(33)24-9-5-4-8-23(24)26-29-25(30-35-26)20-6-2-1-3-7-20/h1-13H,14-19H2. The molecule has 8 heteroatoms. The molecule has 35 heavy (non-hydrogen) atoms. The zero-order valence-corrected chi connectivity index (χ0v) is 19.9. The lowest BCUT2D eigenvalue weighted by atomic mass is 10.1. The Morgan fingerprint density at radius 3 is 2.40 bits per heavy atom. The first-order chi connectivity index (χ1) is 17.2. The summed E-state index contributed by atoms with van der Waals surface area (Å²) in [5.74, 6) is 1.61. The third-order valence-corrected chi connectivity index (χ3v) is 6.25. The van der Waals surface area contributed by atoms with Gasteiger partial charge in [-0.2, -0.15) is 4.98 Å². The third kappa shape index (κ3) is 5.53. The van der Waals surface area contributed by atoms with Crippen molar-refractivity contribution in [3.05, 3.63) is 89.4 Å². The summed E-state index contributed by atoms with van der Waals surface area (Å²) in [6, 6.07) is 24.4. The molecule has 0 saturated carbocycles. The van der Waals surface area contributed by atoms with Gasteiger partial charge in [0.15, 0.2) is 0 Å². The largest absolute Gasteiger partial charge is 0.492 e. The Labute approximate surface area is 208 Å². The van der Waals surface area contributed by atoms with Crippen LogP contribution in [0.25, 0.3) is 22.8 Å². The lowest BCUT2D eigenvalue weighted by Gasteiger charge is -2.34. The van der Waals surface area contributed by atoms with Crippen LogP contribution in [-0.4, -0.2) is 65.2 Å². The van der Waals surface area contributed by atoms with E-state index in [1.54, 1.807) is 0 Å². The van der Waals surface area contributed by atoms with Crippen LogP contribution in [0, 0.1) is 0 Å². The normalized spacial score (nSPS) is 14.1. The zero-order valence-electron chi connectivity index (χ0n) is 19.1. The van der Waals surface area contributed by atoms with Gasteiger partial charge in [-0.25, -0.2) is 0 Å². The number of benzene rings is 3. The van der Waals surface area contributed by atoms with Gasteiger partial charge >= 0.3 is 0 Å². The number of hydrogen-bond donors (Lipinski definition) is 0. The summed E-state index contributed by atoms with van der Waals surface area (Å²) < 4.78 is 11.3. The number of ether oxygens (including phenoxy) is 1. The predicted octanol–water partition coefficient (Wildman–Crippen LogP) is 4.89. The van der Waals surface area contributed by atoms with Crippen LogP contribution >= 0.6 is 11.6 Å². The number of piperazine rings is 1. The van der Waals surface area contributed by atoms with E-state index >= 15 is 0 Å². The number of halogens is 1. The Kier molecular flexibility index (Phi) is 7.07. The minimum Gasteiger partial charge on any atom is -0.492 e. The molecule has 5 rings (SSSR count). The van der Waals surface area contributed by atoms with E-state index in [1.807, 2.05) is 83.8 Å². The fraction of sp³-hybridized carbons (Fsp3) is 0.222. The lowest BCUT2D eigenvalue weighted by molar-refractivity contribution is 0.0621. The Hall–Kier alpha value is -3.68. The van der Waals surface area contributed by atoms with Gasteiger partial charge in [0.2, 0.25) is 5.82 Å². The first-order valence-corrected chi connectivity index (χ1v) is 11.9. The van der Waals surface area contributed by atoms with E-state index in [4.69, 9.17) is 20.9 Å². The van der Waals surface area contributed by atoms with Crippen molar-refractivity contribution in [3.8, 4) is 28.6 Å². The summed E-state index contributed by atoms with van der Waals surface area (Å²) in [5, 5.41) is 4.79. The first-order valence-electron chi connectivity index (χ1n) is 11.6. The van der Waals surface area contributed by atoms with E-state index in [2.05, 4.69) is 15.0 Å². The molecule has 1 fully saturated rings. The highest BCUT2D eigenvalue weighted by Crippen LogP contribution is 2.26. The second-order valence-electron chi connectivity index (χ2n) is 8.27. The highest BCUT2D eigenvalue weighted by Gasteiger charge is 2.25. The molecule has 178 valence electrons. The topological polar surface area (TPSA) is 71.7 Å². The number of carbonyl (C=O) groups excluding carboxylic acids is 1. The van der Waals surface area contributed by atoms with Gasteiger partial charge in [-0.15, -0.1) is 0 Å². The fourth-order valence-electron chi connectivity index (χ4n) is 4.06. The Balaban J connectivity index is 1.19. The average molecular weight is 489 g/mol. The van der Waals surface area contributed by atoms with Crippen LogP contribution in [0.1, 0.15) is 10.4 Å². The minimum atomic E-state index is -0.0304. The molecule has 1 aromatic heterocycles. The molecular weight excluding hydrogens is 464 g/mol. The van der Waals surface area contributed by atoms with Crippen molar-refractivity contribution in [2.24, 2.45) is 0 Å². The van der Waals surface area contributed by atoms with Crippen LogP contribution < -0.4 is 4.74 Å². The van der Waals surface area contributed by atoms with Crippen LogP contribution in [0.4, 0.5) is 0 Å². The van der Waals surface area contributed by atoms with Crippen molar-refractivity contribution >= 4 is 17.5 Å².